The summed E-state index contributed by atoms with van der Waals surface area (Å²) in [4.78, 5) is 2.18. The quantitative estimate of drug-likeness (QED) is 0.756. The second kappa shape index (κ2) is 5.49. The van der Waals surface area contributed by atoms with Crippen molar-refractivity contribution < 1.29 is 4.74 Å². The summed E-state index contributed by atoms with van der Waals surface area (Å²) in [6.07, 6.45) is 1.12. The topological polar surface area (TPSA) is 38.5 Å². The Labute approximate surface area is 91.8 Å². The highest BCUT2D eigenvalue weighted by molar-refractivity contribution is 5.60. The van der Waals surface area contributed by atoms with Crippen molar-refractivity contribution in [2.75, 3.05) is 30.8 Å². The average Bonchev–Trinajstić information content (AvgIpc) is 2.17. The normalized spacial score (nSPS) is 10.1. The number of hydrogen-bond donors (Lipinski definition) is 1. The van der Waals surface area contributed by atoms with Crippen molar-refractivity contribution in [3.63, 3.8) is 0 Å². The van der Waals surface area contributed by atoms with Crippen LogP contribution in [-0.4, -0.2) is 20.2 Å². The number of rotatable bonds is 5. The van der Waals surface area contributed by atoms with E-state index in [2.05, 4.69) is 18.9 Å². The second-order valence-electron chi connectivity index (χ2n) is 3.61. The van der Waals surface area contributed by atoms with E-state index in [0.717, 1.165) is 30.1 Å². The summed E-state index contributed by atoms with van der Waals surface area (Å²) in [5, 5.41) is 0. The van der Waals surface area contributed by atoms with Gasteiger partial charge in [-0.25, -0.2) is 0 Å². The number of ether oxygens (including phenoxy) is 1. The van der Waals surface area contributed by atoms with Crippen molar-refractivity contribution in [3.8, 4) is 5.75 Å². The van der Waals surface area contributed by atoms with Gasteiger partial charge in [0, 0.05) is 37.1 Å². The van der Waals surface area contributed by atoms with Crippen molar-refractivity contribution in [1.29, 1.82) is 0 Å². The molecular weight excluding hydrogens is 188 g/mol. The molecule has 0 atom stereocenters. The molecule has 1 rings (SSSR count). The lowest BCUT2D eigenvalue weighted by atomic mass is 10.2. The Bertz CT molecular complexity index is 312. The molecule has 1 aromatic rings. The molecular formula is C12H20N2O. The van der Waals surface area contributed by atoms with Gasteiger partial charge in [-0.05, 0) is 19.4 Å². The molecule has 0 aliphatic heterocycles. The van der Waals surface area contributed by atoms with Gasteiger partial charge < -0.3 is 15.4 Å². The predicted molar refractivity (Wildman–Crippen MR) is 65.6 cm³/mol. The van der Waals surface area contributed by atoms with Crippen LogP contribution in [0.5, 0.6) is 5.75 Å². The molecule has 0 saturated carbocycles. The first-order chi connectivity index (χ1) is 7.17. The minimum Gasteiger partial charge on any atom is -0.494 e. The summed E-state index contributed by atoms with van der Waals surface area (Å²) >= 11 is 0. The van der Waals surface area contributed by atoms with Gasteiger partial charge in [-0.3, -0.25) is 0 Å². The maximum atomic E-state index is 5.82. The fourth-order valence-electron chi connectivity index (χ4n) is 1.54. The minimum atomic E-state index is 0.667. The molecule has 0 radical (unpaired) electrons. The van der Waals surface area contributed by atoms with E-state index in [0.29, 0.717) is 6.61 Å². The van der Waals surface area contributed by atoms with Gasteiger partial charge in [0.2, 0.25) is 0 Å². The van der Waals surface area contributed by atoms with Gasteiger partial charge in [0.25, 0.3) is 0 Å². The lowest BCUT2D eigenvalue weighted by Gasteiger charge is -2.19. The molecule has 0 bridgehead atoms. The Morgan fingerprint density at radius 3 is 2.60 bits per heavy atom. The van der Waals surface area contributed by atoms with Gasteiger partial charge in [0.05, 0.1) is 6.61 Å². The molecule has 0 aliphatic rings. The molecule has 2 N–H and O–H groups in total. The Morgan fingerprint density at radius 2 is 2.00 bits per heavy atom. The van der Waals surface area contributed by atoms with E-state index in [1.807, 2.05) is 25.1 Å². The van der Waals surface area contributed by atoms with Crippen molar-refractivity contribution >= 4 is 11.4 Å². The zero-order valence-electron chi connectivity index (χ0n) is 9.79. The average molecular weight is 208 g/mol. The predicted octanol–water partition coefficient (Wildman–Crippen LogP) is 2.51. The van der Waals surface area contributed by atoms with E-state index in [4.69, 9.17) is 10.5 Å². The second-order valence-corrected chi connectivity index (χ2v) is 3.61. The van der Waals surface area contributed by atoms with Crippen LogP contribution in [-0.2, 0) is 0 Å². The van der Waals surface area contributed by atoms with Crippen LogP contribution in [0.15, 0.2) is 18.2 Å². The number of hydrogen-bond acceptors (Lipinski definition) is 3. The molecule has 1 aromatic carbocycles. The number of nitrogen functional groups attached to an aromatic ring is 1. The molecule has 0 aliphatic carbocycles. The van der Waals surface area contributed by atoms with Crippen LogP contribution in [0.2, 0.25) is 0 Å². The van der Waals surface area contributed by atoms with E-state index in [1.54, 1.807) is 0 Å². The molecule has 3 heteroatoms. The fraction of sp³-hybridized carbons (Fsp3) is 0.500. The highest BCUT2D eigenvalue weighted by atomic mass is 16.5. The molecule has 15 heavy (non-hydrogen) atoms. The summed E-state index contributed by atoms with van der Waals surface area (Å²) in [6, 6.07) is 5.85. The van der Waals surface area contributed by atoms with Gasteiger partial charge in [-0.2, -0.15) is 0 Å². The molecule has 0 aromatic heterocycles. The molecule has 0 saturated heterocycles. The lowest BCUT2D eigenvalue weighted by molar-refractivity contribution is 0.340. The SMILES string of the molecule is CCCN(C)c1cc(N)cc(OCC)c1. The molecule has 0 heterocycles. The highest BCUT2D eigenvalue weighted by Crippen LogP contribution is 2.24. The van der Waals surface area contributed by atoms with Crippen LogP contribution in [0.25, 0.3) is 0 Å². The third-order valence-electron chi connectivity index (χ3n) is 2.22. The third-order valence-corrected chi connectivity index (χ3v) is 2.22. The fourth-order valence-corrected chi connectivity index (χ4v) is 1.54. The first-order valence-electron chi connectivity index (χ1n) is 5.41. The van der Waals surface area contributed by atoms with E-state index in [1.165, 1.54) is 0 Å². The van der Waals surface area contributed by atoms with Gasteiger partial charge in [0.1, 0.15) is 5.75 Å². The smallest absolute Gasteiger partial charge is 0.123 e. The summed E-state index contributed by atoms with van der Waals surface area (Å²) in [5.74, 6) is 0.843. The van der Waals surface area contributed by atoms with Crippen molar-refractivity contribution in [3.05, 3.63) is 18.2 Å². The Kier molecular flexibility index (Phi) is 4.28. The van der Waals surface area contributed by atoms with Gasteiger partial charge >= 0.3 is 0 Å². The summed E-state index contributed by atoms with van der Waals surface area (Å²) in [5.41, 5.74) is 7.68. The third kappa shape index (κ3) is 3.35. The maximum Gasteiger partial charge on any atom is 0.123 e. The Hall–Kier alpha value is -1.38. The van der Waals surface area contributed by atoms with Crippen LogP contribution in [0.4, 0.5) is 11.4 Å². The largest absolute Gasteiger partial charge is 0.494 e. The van der Waals surface area contributed by atoms with Crippen LogP contribution in [0, 0.1) is 0 Å². The Morgan fingerprint density at radius 1 is 1.27 bits per heavy atom. The van der Waals surface area contributed by atoms with Crippen molar-refractivity contribution in [1.82, 2.24) is 0 Å². The zero-order valence-corrected chi connectivity index (χ0v) is 9.79. The van der Waals surface area contributed by atoms with Gasteiger partial charge in [0.15, 0.2) is 0 Å². The molecule has 0 spiro atoms. The van der Waals surface area contributed by atoms with Crippen LogP contribution < -0.4 is 15.4 Å². The maximum absolute atomic E-state index is 5.82. The van der Waals surface area contributed by atoms with Crippen molar-refractivity contribution in [2.24, 2.45) is 0 Å². The summed E-state index contributed by atoms with van der Waals surface area (Å²) in [6.45, 7) is 5.82. The number of benzene rings is 1. The number of nitrogens with zero attached hydrogens (tertiary/aromatic N) is 1. The lowest BCUT2D eigenvalue weighted by Crippen LogP contribution is -2.17. The van der Waals surface area contributed by atoms with E-state index >= 15 is 0 Å². The number of anilines is 2. The zero-order chi connectivity index (χ0) is 11.3. The minimum absolute atomic E-state index is 0.667. The first kappa shape index (κ1) is 11.7. The first-order valence-corrected chi connectivity index (χ1v) is 5.41. The molecule has 0 amide bonds. The standard InChI is InChI=1S/C12H20N2O/c1-4-6-14(3)11-7-10(13)8-12(9-11)15-5-2/h7-9H,4-6,13H2,1-3H3. The Balaban J connectivity index is 2.87. The van der Waals surface area contributed by atoms with Crippen LogP contribution in [0.1, 0.15) is 20.3 Å². The van der Waals surface area contributed by atoms with Crippen molar-refractivity contribution in [2.45, 2.75) is 20.3 Å². The monoisotopic (exact) mass is 208 g/mol. The summed E-state index contributed by atoms with van der Waals surface area (Å²) < 4.78 is 5.45. The van der Waals surface area contributed by atoms with Crippen LogP contribution in [0.3, 0.4) is 0 Å². The van der Waals surface area contributed by atoms with E-state index in [9.17, 15) is 0 Å². The van der Waals surface area contributed by atoms with E-state index < -0.39 is 0 Å². The summed E-state index contributed by atoms with van der Waals surface area (Å²) in [7, 11) is 2.06. The highest BCUT2D eigenvalue weighted by Gasteiger charge is 2.03. The van der Waals surface area contributed by atoms with E-state index in [-0.39, 0.29) is 0 Å². The molecule has 0 fully saturated rings. The molecule has 84 valence electrons. The molecule has 0 unspecified atom stereocenters. The molecule has 3 nitrogen and oxygen atoms in total. The van der Waals surface area contributed by atoms with Gasteiger partial charge in [-0.15, -0.1) is 0 Å². The van der Waals surface area contributed by atoms with Gasteiger partial charge in [-0.1, -0.05) is 6.92 Å². The number of nitrogens with two attached hydrogens (primary N) is 1. The van der Waals surface area contributed by atoms with Crippen LogP contribution >= 0.6 is 0 Å².